The molecule has 0 saturated carbocycles. The van der Waals surface area contributed by atoms with E-state index in [0.717, 1.165) is 11.1 Å². The van der Waals surface area contributed by atoms with E-state index in [2.05, 4.69) is 20.4 Å². The molecule has 0 bridgehead atoms. The van der Waals surface area contributed by atoms with Gasteiger partial charge in [0.05, 0.1) is 6.61 Å². The molecular formula is C19H22F3N3O. The summed E-state index contributed by atoms with van der Waals surface area (Å²) in [5.74, 6) is 0.673. The van der Waals surface area contributed by atoms with E-state index in [-0.39, 0.29) is 6.61 Å². The number of nitrogens with zero attached hydrogens (tertiary/aromatic N) is 1. The van der Waals surface area contributed by atoms with Gasteiger partial charge in [-0.25, -0.2) is 0 Å². The van der Waals surface area contributed by atoms with Crippen LogP contribution in [0.2, 0.25) is 0 Å². The van der Waals surface area contributed by atoms with Crippen molar-refractivity contribution in [2.24, 2.45) is 4.99 Å². The van der Waals surface area contributed by atoms with Gasteiger partial charge in [0.1, 0.15) is 6.61 Å². The SMILES string of the molecule is CN=C(NCc1ccccc1)NCc1ccc(COCC(F)(F)F)cc1. The first-order valence-corrected chi connectivity index (χ1v) is 8.17. The fourth-order valence-corrected chi connectivity index (χ4v) is 2.23. The standard InChI is InChI=1S/C19H22F3N3O/c1-23-18(24-11-15-5-3-2-4-6-15)25-12-16-7-9-17(10-8-16)13-26-14-19(20,21)22/h2-10H,11-14H2,1H3,(H2,23,24,25). The van der Waals surface area contributed by atoms with Gasteiger partial charge in [0, 0.05) is 20.1 Å². The molecule has 0 aliphatic rings. The Hall–Kier alpha value is -2.54. The minimum Gasteiger partial charge on any atom is -0.367 e. The number of nitrogens with one attached hydrogen (secondary N) is 2. The summed E-state index contributed by atoms with van der Waals surface area (Å²) in [5.41, 5.74) is 2.84. The van der Waals surface area contributed by atoms with Gasteiger partial charge in [0.15, 0.2) is 5.96 Å². The van der Waals surface area contributed by atoms with Crippen LogP contribution in [0.15, 0.2) is 59.6 Å². The molecule has 2 aromatic rings. The smallest absolute Gasteiger partial charge is 0.367 e. The first kappa shape index (κ1) is 19.8. The van der Waals surface area contributed by atoms with E-state index >= 15 is 0 Å². The summed E-state index contributed by atoms with van der Waals surface area (Å²) in [6.45, 7) is -0.0820. The number of hydrogen-bond donors (Lipinski definition) is 2. The Kier molecular flexibility index (Phi) is 7.47. The molecule has 2 N–H and O–H groups in total. The summed E-state index contributed by atoms with van der Waals surface area (Å²) in [6, 6.07) is 17.2. The van der Waals surface area contributed by atoms with Crippen molar-refractivity contribution < 1.29 is 17.9 Å². The quantitative estimate of drug-likeness (QED) is 0.582. The Bertz CT molecular complexity index is 685. The van der Waals surface area contributed by atoms with Crippen LogP contribution in [0.25, 0.3) is 0 Å². The second-order valence-corrected chi connectivity index (χ2v) is 5.69. The van der Waals surface area contributed by atoms with E-state index in [1.165, 1.54) is 0 Å². The van der Waals surface area contributed by atoms with Gasteiger partial charge in [0.25, 0.3) is 0 Å². The molecule has 0 heterocycles. The van der Waals surface area contributed by atoms with E-state index in [1.807, 2.05) is 42.5 Å². The average Bonchev–Trinajstić information content (AvgIpc) is 2.63. The number of aliphatic imine (C=N–C) groups is 1. The Morgan fingerprint density at radius 1 is 0.885 bits per heavy atom. The van der Waals surface area contributed by atoms with Gasteiger partial charge in [-0.2, -0.15) is 13.2 Å². The van der Waals surface area contributed by atoms with Crippen molar-refractivity contribution in [1.82, 2.24) is 10.6 Å². The number of hydrogen-bond acceptors (Lipinski definition) is 2. The van der Waals surface area contributed by atoms with Crippen LogP contribution in [-0.4, -0.2) is 25.8 Å². The molecule has 4 nitrogen and oxygen atoms in total. The summed E-state index contributed by atoms with van der Waals surface area (Å²) in [7, 11) is 1.70. The second-order valence-electron chi connectivity index (χ2n) is 5.69. The first-order chi connectivity index (χ1) is 12.5. The first-order valence-electron chi connectivity index (χ1n) is 8.17. The van der Waals surface area contributed by atoms with Crippen LogP contribution in [0, 0.1) is 0 Å². The molecule has 7 heteroatoms. The van der Waals surface area contributed by atoms with E-state index in [9.17, 15) is 13.2 Å². The molecule has 0 spiro atoms. The highest BCUT2D eigenvalue weighted by molar-refractivity contribution is 5.79. The molecule has 0 aliphatic heterocycles. The lowest BCUT2D eigenvalue weighted by molar-refractivity contribution is -0.176. The van der Waals surface area contributed by atoms with Crippen LogP contribution in [0.4, 0.5) is 13.2 Å². The van der Waals surface area contributed by atoms with Crippen molar-refractivity contribution in [3.63, 3.8) is 0 Å². The lowest BCUT2D eigenvalue weighted by Crippen LogP contribution is -2.36. The fourth-order valence-electron chi connectivity index (χ4n) is 2.23. The molecule has 0 unspecified atom stereocenters. The molecule has 0 aromatic heterocycles. The third kappa shape index (κ3) is 7.57. The zero-order chi connectivity index (χ0) is 18.8. The van der Waals surface area contributed by atoms with Gasteiger partial charge in [-0.05, 0) is 16.7 Å². The number of guanidine groups is 1. The number of rotatable bonds is 7. The molecule has 26 heavy (non-hydrogen) atoms. The number of benzene rings is 2. The van der Waals surface area contributed by atoms with Crippen molar-refractivity contribution in [1.29, 1.82) is 0 Å². The van der Waals surface area contributed by atoms with Crippen molar-refractivity contribution >= 4 is 5.96 Å². The Labute approximate surface area is 151 Å². The van der Waals surface area contributed by atoms with Crippen LogP contribution in [0.3, 0.4) is 0 Å². The van der Waals surface area contributed by atoms with E-state index in [1.54, 1.807) is 19.2 Å². The van der Waals surface area contributed by atoms with Gasteiger partial charge >= 0.3 is 6.18 Å². The van der Waals surface area contributed by atoms with Crippen molar-refractivity contribution in [3.8, 4) is 0 Å². The van der Waals surface area contributed by atoms with Gasteiger partial charge in [-0.15, -0.1) is 0 Å². The Morgan fingerprint density at radius 2 is 1.42 bits per heavy atom. The largest absolute Gasteiger partial charge is 0.411 e. The molecule has 0 radical (unpaired) electrons. The van der Waals surface area contributed by atoms with Crippen LogP contribution in [0.5, 0.6) is 0 Å². The molecule has 0 saturated heterocycles. The minimum atomic E-state index is -4.30. The lowest BCUT2D eigenvalue weighted by atomic mass is 10.1. The molecular weight excluding hydrogens is 343 g/mol. The van der Waals surface area contributed by atoms with E-state index in [4.69, 9.17) is 0 Å². The summed E-state index contributed by atoms with van der Waals surface area (Å²) in [6.07, 6.45) is -4.30. The van der Waals surface area contributed by atoms with Crippen molar-refractivity contribution in [2.75, 3.05) is 13.7 Å². The van der Waals surface area contributed by atoms with Gasteiger partial charge in [0.2, 0.25) is 0 Å². The molecule has 2 aromatic carbocycles. The summed E-state index contributed by atoms with van der Waals surface area (Å²) < 4.78 is 40.8. The van der Waals surface area contributed by atoms with E-state index in [0.29, 0.717) is 24.6 Å². The number of ether oxygens (including phenoxy) is 1. The van der Waals surface area contributed by atoms with Crippen LogP contribution in [-0.2, 0) is 24.4 Å². The average molecular weight is 365 g/mol. The summed E-state index contributed by atoms with van der Waals surface area (Å²) >= 11 is 0. The van der Waals surface area contributed by atoms with Crippen LogP contribution >= 0.6 is 0 Å². The highest BCUT2D eigenvalue weighted by Gasteiger charge is 2.27. The highest BCUT2D eigenvalue weighted by atomic mass is 19.4. The summed E-state index contributed by atoms with van der Waals surface area (Å²) in [5, 5.41) is 6.42. The van der Waals surface area contributed by atoms with Crippen molar-refractivity contribution in [3.05, 3.63) is 71.3 Å². The maximum absolute atomic E-state index is 12.1. The molecule has 0 atom stereocenters. The van der Waals surface area contributed by atoms with Gasteiger partial charge < -0.3 is 15.4 Å². The Balaban J connectivity index is 1.75. The van der Waals surface area contributed by atoms with Gasteiger partial charge in [-0.3, -0.25) is 4.99 Å². The van der Waals surface area contributed by atoms with Crippen LogP contribution < -0.4 is 10.6 Å². The topological polar surface area (TPSA) is 45.7 Å². The predicted octanol–water partition coefficient (Wildman–Crippen LogP) is 3.63. The Morgan fingerprint density at radius 3 is 1.96 bits per heavy atom. The summed E-state index contributed by atoms with van der Waals surface area (Å²) in [4.78, 5) is 4.17. The zero-order valence-corrected chi connectivity index (χ0v) is 14.5. The van der Waals surface area contributed by atoms with Crippen LogP contribution in [0.1, 0.15) is 16.7 Å². The fraction of sp³-hybridized carbons (Fsp3) is 0.316. The maximum atomic E-state index is 12.1. The van der Waals surface area contributed by atoms with Crippen molar-refractivity contribution in [2.45, 2.75) is 25.9 Å². The highest BCUT2D eigenvalue weighted by Crippen LogP contribution is 2.15. The normalized spacial score (nSPS) is 12.1. The van der Waals surface area contributed by atoms with E-state index < -0.39 is 12.8 Å². The third-order valence-corrected chi connectivity index (χ3v) is 3.54. The number of alkyl halides is 3. The minimum absolute atomic E-state index is 0.0620. The molecule has 0 fully saturated rings. The maximum Gasteiger partial charge on any atom is 0.411 e. The molecule has 0 aliphatic carbocycles. The molecule has 0 amide bonds. The monoisotopic (exact) mass is 365 g/mol. The molecule has 140 valence electrons. The second kappa shape index (κ2) is 9.82. The third-order valence-electron chi connectivity index (χ3n) is 3.54. The lowest BCUT2D eigenvalue weighted by Gasteiger charge is -2.12. The predicted molar refractivity (Wildman–Crippen MR) is 95.6 cm³/mol. The molecule has 2 rings (SSSR count). The zero-order valence-electron chi connectivity index (χ0n) is 14.5. The van der Waals surface area contributed by atoms with Gasteiger partial charge in [-0.1, -0.05) is 54.6 Å². The number of halogens is 3.